The maximum absolute atomic E-state index is 11.4. The van der Waals surface area contributed by atoms with Crippen molar-refractivity contribution in [3.8, 4) is 5.75 Å². The number of carbonyl (C=O) groups excluding carboxylic acids is 1. The first-order chi connectivity index (χ1) is 6.72. The van der Waals surface area contributed by atoms with E-state index in [1.807, 2.05) is 12.1 Å². The Morgan fingerprint density at radius 2 is 2.29 bits per heavy atom. The molecular formula is C11H12NO2. The minimum absolute atomic E-state index is 0.152. The number of benzene rings is 1. The first-order valence-electron chi connectivity index (χ1n) is 4.52. The van der Waals surface area contributed by atoms with Gasteiger partial charge in [0.25, 0.3) is 0 Å². The smallest absolute Gasteiger partial charge is 0.227 e. The van der Waals surface area contributed by atoms with Gasteiger partial charge in [0.15, 0.2) is 0 Å². The molecule has 0 saturated carbocycles. The van der Waals surface area contributed by atoms with Crippen LogP contribution in [0.4, 0.5) is 0 Å². The number of ether oxygens (including phenoxy) is 1. The number of hydrogen-bond donors (Lipinski definition) is 0. The Hall–Kier alpha value is -1.51. The molecule has 1 aliphatic rings. The Labute approximate surface area is 83.3 Å². The van der Waals surface area contributed by atoms with Crippen molar-refractivity contribution in [2.75, 3.05) is 14.2 Å². The van der Waals surface area contributed by atoms with Gasteiger partial charge < -0.3 is 9.64 Å². The summed E-state index contributed by atoms with van der Waals surface area (Å²) < 4.78 is 5.23. The molecule has 3 nitrogen and oxygen atoms in total. The summed E-state index contributed by atoms with van der Waals surface area (Å²) in [7, 11) is 3.45. The lowest BCUT2D eigenvalue weighted by Gasteiger charge is -2.26. The maximum atomic E-state index is 11.4. The second-order valence-electron chi connectivity index (χ2n) is 3.45. The van der Waals surface area contributed by atoms with Gasteiger partial charge in [-0.2, -0.15) is 0 Å². The van der Waals surface area contributed by atoms with Crippen LogP contribution in [-0.2, 0) is 17.8 Å². The molecule has 2 rings (SSSR count). The molecule has 0 aromatic heterocycles. The Morgan fingerprint density at radius 3 is 3.00 bits per heavy atom. The number of rotatable bonds is 1. The highest BCUT2D eigenvalue weighted by molar-refractivity contribution is 5.81. The Bertz CT molecular complexity index is 374. The topological polar surface area (TPSA) is 29.5 Å². The van der Waals surface area contributed by atoms with Crippen LogP contribution in [0.2, 0.25) is 0 Å². The Balaban J connectivity index is 2.46. The second-order valence-corrected chi connectivity index (χ2v) is 3.45. The zero-order valence-corrected chi connectivity index (χ0v) is 8.33. The van der Waals surface area contributed by atoms with E-state index in [0.717, 1.165) is 16.9 Å². The standard InChI is InChI=1S/C11H12NO2/c1-12-7-9-8(6-11(12)13)4-3-5-10(9)14-2/h4-5H,6-7H2,1-2H3. The molecule has 1 aliphatic heterocycles. The van der Waals surface area contributed by atoms with Gasteiger partial charge in [0.05, 0.1) is 13.5 Å². The lowest BCUT2D eigenvalue weighted by Crippen LogP contribution is -2.32. The van der Waals surface area contributed by atoms with E-state index in [9.17, 15) is 4.79 Å². The van der Waals surface area contributed by atoms with Crippen molar-refractivity contribution in [1.82, 2.24) is 4.90 Å². The van der Waals surface area contributed by atoms with Crippen molar-refractivity contribution >= 4 is 5.91 Å². The number of nitrogens with zero attached hydrogens (tertiary/aromatic N) is 1. The molecule has 1 aromatic carbocycles. The van der Waals surface area contributed by atoms with E-state index in [1.54, 1.807) is 19.1 Å². The van der Waals surface area contributed by atoms with Crippen LogP contribution < -0.4 is 4.74 Å². The molecule has 1 aromatic rings. The fraction of sp³-hybridized carbons (Fsp3) is 0.364. The molecule has 1 heterocycles. The predicted molar refractivity (Wildman–Crippen MR) is 52.0 cm³/mol. The van der Waals surface area contributed by atoms with E-state index in [1.165, 1.54) is 0 Å². The number of likely N-dealkylation sites (N-methyl/N-ethyl adjacent to an activating group) is 1. The molecule has 1 amide bonds. The molecule has 14 heavy (non-hydrogen) atoms. The summed E-state index contributed by atoms with van der Waals surface area (Å²) in [6, 6.07) is 6.65. The van der Waals surface area contributed by atoms with Gasteiger partial charge >= 0.3 is 0 Å². The maximum Gasteiger partial charge on any atom is 0.227 e. The second kappa shape index (κ2) is 3.33. The number of hydrogen-bond acceptors (Lipinski definition) is 2. The van der Waals surface area contributed by atoms with E-state index < -0.39 is 0 Å². The average molecular weight is 190 g/mol. The van der Waals surface area contributed by atoms with Gasteiger partial charge in [-0.15, -0.1) is 0 Å². The summed E-state index contributed by atoms with van der Waals surface area (Å²) in [6.07, 6.45) is 0.458. The number of methoxy groups -OCH3 is 1. The van der Waals surface area contributed by atoms with Crippen LogP contribution in [0.25, 0.3) is 0 Å². The van der Waals surface area contributed by atoms with Gasteiger partial charge in [0, 0.05) is 19.2 Å². The minimum atomic E-state index is 0.152. The van der Waals surface area contributed by atoms with Gasteiger partial charge in [0.2, 0.25) is 5.91 Å². The van der Waals surface area contributed by atoms with Crippen molar-refractivity contribution < 1.29 is 9.53 Å². The van der Waals surface area contributed by atoms with Crippen molar-refractivity contribution in [3.05, 3.63) is 29.3 Å². The van der Waals surface area contributed by atoms with Crippen LogP contribution in [0.3, 0.4) is 0 Å². The first-order valence-corrected chi connectivity index (χ1v) is 4.52. The van der Waals surface area contributed by atoms with E-state index in [-0.39, 0.29) is 5.91 Å². The molecule has 0 spiro atoms. The molecular weight excluding hydrogens is 178 g/mol. The monoisotopic (exact) mass is 190 g/mol. The fourth-order valence-corrected chi connectivity index (χ4v) is 1.69. The highest BCUT2D eigenvalue weighted by atomic mass is 16.5. The van der Waals surface area contributed by atoms with Crippen molar-refractivity contribution in [2.45, 2.75) is 13.0 Å². The molecule has 0 bridgehead atoms. The van der Waals surface area contributed by atoms with Gasteiger partial charge in [0.1, 0.15) is 5.75 Å². The van der Waals surface area contributed by atoms with Gasteiger partial charge in [-0.1, -0.05) is 6.07 Å². The predicted octanol–water partition coefficient (Wildman–Crippen LogP) is 1.01. The van der Waals surface area contributed by atoms with E-state index in [0.29, 0.717) is 13.0 Å². The summed E-state index contributed by atoms with van der Waals surface area (Å²) in [5.74, 6) is 0.973. The first kappa shape index (κ1) is 9.06. The molecule has 0 saturated heterocycles. The van der Waals surface area contributed by atoms with Crippen LogP contribution >= 0.6 is 0 Å². The summed E-state index contributed by atoms with van der Waals surface area (Å²) >= 11 is 0. The van der Waals surface area contributed by atoms with Crippen LogP contribution in [-0.4, -0.2) is 25.0 Å². The van der Waals surface area contributed by atoms with Crippen LogP contribution in [0.1, 0.15) is 11.1 Å². The van der Waals surface area contributed by atoms with E-state index in [4.69, 9.17) is 4.74 Å². The Kier molecular flexibility index (Phi) is 2.15. The summed E-state index contributed by atoms with van der Waals surface area (Å²) in [5.41, 5.74) is 2.14. The Morgan fingerprint density at radius 1 is 1.50 bits per heavy atom. The zero-order chi connectivity index (χ0) is 10.1. The average Bonchev–Trinajstić information content (AvgIpc) is 2.19. The third-order valence-corrected chi connectivity index (χ3v) is 2.54. The van der Waals surface area contributed by atoms with Gasteiger partial charge in [-0.3, -0.25) is 4.79 Å². The summed E-state index contributed by atoms with van der Waals surface area (Å²) in [4.78, 5) is 13.1. The SMILES string of the molecule is COc1c[c]cc2c1CN(C)C(=O)C2. The fourth-order valence-electron chi connectivity index (χ4n) is 1.69. The van der Waals surface area contributed by atoms with Crippen molar-refractivity contribution in [1.29, 1.82) is 0 Å². The molecule has 0 N–H and O–H groups in total. The van der Waals surface area contributed by atoms with Gasteiger partial charge in [-0.25, -0.2) is 0 Å². The summed E-state index contributed by atoms with van der Waals surface area (Å²) in [6.45, 7) is 0.631. The minimum Gasteiger partial charge on any atom is -0.496 e. The normalized spacial score (nSPS) is 15.3. The molecule has 0 atom stereocenters. The molecule has 1 radical (unpaired) electrons. The van der Waals surface area contributed by atoms with Crippen LogP contribution in [0, 0.1) is 6.07 Å². The summed E-state index contributed by atoms with van der Waals surface area (Å²) in [5, 5.41) is 0. The lowest BCUT2D eigenvalue weighted by atomic mass is 9.99. The molecule has 0 unspecified atom stereocenters. The van der Waals surface area contributed by atoms with E-state index >= 15 is 0 Å². The van der Waals surface area contributed by atoms with Crippen LogP contribution in [0.15, 0.2) is 12.1 Å². The van der Waals surface area contributed by atoms with E-state index in [2.05, 4.69) is 6.07 Å². The number of carbonyl (C=O) groups is 1. The molecule has 73 valence electrons. The third-order valence-electron chi connectivity index (χ3n) is 2.54. The highest BCUT2D eigenvalue weighted by Crippen LogP contribution is 2.27. The lowest BCUT2D eigenvalue weighted by molar-refractivity contribution is -0.130. The van der Waals surface area contributed by atoms with Crippen molar-refractivity contribution in [2.24, 2.45) is 0 Å². The third kappa shape index (κ3) is 1.35. The van der Waals surface area contributed by atoms with Crippen molar-refractivity contribution in [3.63, 3.8) is 0 Å². The number of amides is 1. The highest BCUT2D eigenvalue weighted by Gasteiger charge is 2.22. The molecule has 0 aliphatic carbocycles. The largest absolute Gasteiger partial charge is 0.496 e. The van der Waals surface area contributed by atoms with Gasteiger partial charge in [-0.05, 0) is 17.7 Å². The quantitative estimate of drug-likeness (QED) is 0.661. The number of fused-ring (bicyclic) bond motifs is 1. The van der Waals surface area contributed by atoms with Crippen LogP contribution in [0.5, 0.6) is 5.75 Å². The zero-order valence-electron chi connectivity index (χ0n) is 8.33. The molecule has 3 heteroatoms. The molecule has 0 fully saturated rings.